The van der Waals surface area contributed by atoms with Gasteiger partial charge in [0.15, 0.2) is 5.96 Å². The van der Waals surface area contributed by atoms with E-state index in [1.807, 2.05) is 6.07 Å². The molecular formula is C22H34N4O. The second-order valence-electron chi connectivity index (χ2n) is 8.57. The molecule has 1 saturated carbocycles. The second kappa shape index (κ2) is 8.77. The number of nitrogens with one attached hydrogen (secondary N) is 2. The summed E-state index contributed by atoms with van der Waals surface area (Å²) in [6.45, 7) is 6.92. The minimum atomic E-state index is 0.0129. The fraction of sp³-hybridized carbons (Fsp3) is 0.636. The Hall–Kier alpha value is -2.04. The first-order chi connectivity index (χ1) is 13.0. The van der Waals surface area contributed by atoms with Crippen molar-refractivity contribution in [2.24, 2.45) is 10.9 Å². The normalized spacial score (nSPS) is 21.5. The molecule has 1 aliphatic carbocycles. The highest BCUT2D eigenvalue weighted by molar-refractivity contribution is 5.81. The molecule has 0 aromatic heterocycles. The quantitative estimate of drug-likeness (QED) is 0.619. The van der Waals surface area contributed by atoms with Gasteiger partial charge in [0.2, 0.25) is 5.91 Å². The zero-order valence-electron chi connectivity index (χ0n) is 17.0. The maximum absolute atomic E-state index is 12.6. The summed E-state index contributed by atoms with van der Waals surface area (Å²) in [4.78, 5) is 19.1. The SMILES string of the molecule is CN=C(NCC(C)(C)c1ccccc1)NC1CCN(C(=O)C2CCCC2)C1. The summed E-state index contributed by atoms with van der Waals surface area (Å²) >= 11 is 0. The lowest BCUT2D eigenvalue weighted by Crippen LogP contribution is -2.48. The van der Waals surface area contributed by atoms with E-state index in [0.717, 1.165) is 44.9 Å². The Morgan fingerprint density at radius 3 is 2.56 bits per heavy atom. The van der Waals surface area contributed by atoms with Crippen molar-refractivity contribution in [3.05, 3.63) is 35.9 Å². The van der Waals surface area contributed by atoms with Gasteiger partial charge in [0, 0.05) is 44.1 Å². The van der Waals surface area contributed by atoms with Crippen molar-refractivity contribution in [2.75, 3.05) is 26.7 Å². The number of amides is 1. The van der Waals surface area contributed by atoms with E-state index in [0.29, 0.717) is 5.91 Å². The Balaban J connectivity index is 1.48. The number of carbonyl (C=O) groups excluding carboxylic acids is 1. The van der Waals surface area contributed by atoms with Crippen LogP contribution in [-0.2, 0) is 10.2 Å². The van der Waals surface area contributed by atoms with Crippen LogP contribution in [0.5, 0.6) is 0 Å². The fourth-order valence-electron chi connectivity index (χ4n) is 4.19. The minimum absolute atomic E-state index is 0.0129. The molecule has 27 heavy (non-hydrogen) atoms. The van der Waals surface area contributed by atoms with Crippen molar-refractivity contribution in [1.82, 2.24) is 15.5 Å². The van der Waals surface area contributed by atoms with Crippen LogP contribution >= 0.6 is 0 Å². The zero-order chi connectivity index (χ0) is 19.3. The predicted molar refractivity (Wildman–Crippen MR) is 111 cm³/mol. The standard InChI is InChI=1S/C22H34N4O/c1-22(2,18-11-5-4-6-12-18)16-24-21(23-3)25-19-13-14-26(15-19)20(27)17-9-7-8-10-17/h4-6,11-12,17,19H,7-10,13-16H2,1-3H3,(H2,23,24,25). The molecule has 5 nitrogen and oxygen atoms in total. The van der Waals surface area contributed by atoms with Crippen LogP contribution < -0.4 is 10.6 Å². The first-order valence-electron chi connectivity index (χ1n) is 10.3. The number of hydrogen-bond acceptors (Lipinski definition) is 2. The topological polar surface area (TPSA) is 56.7 Å². The Kier molecular flexibility index (Phi) is 6.40. The summed E-state index contributed by atoms with van der Waals surface area (Å²) in [5.41, 5.74) is 1.32. The third kappa shape index (κ3) is 5.02. The molecular weight excluding hydrogens is 336 g/mol. The van der Waals surface area contributed by atoms with E-state index in [1.165, 1.54) is 18.4 Å². The molecule has 0 radical (unpaired) electrons. The van der Waals surface area contributed by atoms with Gasteiger partial charge >= 0.3 is 0 Å². The molecule has 1 aliphatic heterocycles. The van der Waals surface area contributed by atoms with Crippen LogP contribution in [-0.4, -0.2) is 49.5 Å². The number of carbonyl (C=O) groups is 1. The van der Waals surface area contributed by atoms with Gasteiger partial charge in [-0.3, -0.25) is 9.79 Å². The molecule has 1 saturated heterocycles. The Morgan fingerprint density at radius 1 is 1.19 bits per heavy atom. The Bertz CT molecular complexity index is 650. The highest BCUT2D eigenvalue weighted by Crippen LogP contribution is 2.28. The second-order valence-corrected chi connectivity index (χ2v) is 8.57. The van der Waals surface area contributed by atoms with Gasteiger partial charge in [0.1, 0.15) is 0 Å². The van der Waals surface area contributed by atoms with E-state index in [9.17, 15) is 4.79 Å². The van der Waals surface area contributed by atoms with Gasteiger partial charge in [-0.15, -0.1) is 0 Å². The van der Waals surface area contributed by atoms with Crippen LogP contribution in [0.1, 0.15) is 51.5 Å². The first kappa shape index (κ1) is 19.7. The van der Waals surface area contributed by atoms with Crippen LogP contribution in [0.25, 0.3) is 0 Å². The monoisotopic (exact) mass is 370 g/mol. The van der Waals surface area contributed by atoms with Gasteiger partial charge in [-0.05, 0) is 24.8 Å². The Labute approximate surface area is 163 Å². The molecule has 3 rings (SSSR count). The number of benzene rings is 1. The molecule has 1 unspecified atom stereocenters. The van der Waals surface area contributed by atoms with Crippen molar-refractivity contribution in [1.29, 1.82) is 0 Å². The van der Waals surface area contributed by atoms with Crippen LogP contribution in [0.2, 0.25) is 0 Å². The summed E-state index contributed by atoms with van der Waals surface area (Å²) in [6, 6.07) is 10.8. The molecule has 1 aromatic rings. The summed E-state index contributed by atoms with van der Waals surface area (Å²) in [5, 5.41) is 6.98. The molecule has 1 atom stereocenters. The number of aliphatic imine (C=N–C) groups is 1. The van der Waals surface area contributed by atoms with Crippen LogP contribution in [0.4, 0.5) is 0 Å². The molecule has 0 spiro atoms. The lowest BCUT2D eigenvalue weighted by atomic mass is 9.85. The van der Waals surface area contributed by atoms with Crippen molar-refractivity contribution in [3.8, 4) is 0 Å². The van der Waals surface area contributed by atoms with E-state index in [1.54, 1.807) is 7.05 Å². The van der Waals surface area contributed by atoms with E-state index in [2.05, 4.69) is 58.6 Å². The van der Waals surface area contributed by atoms with Gasteiger partial charge in [0.25, 0.3) is 0 Å². The van der Waals surface area contributed by atoms with Gasteiger partial charge in [-0.25, -0.2) is 0 Å². The average Bonchev–Trinajstić information content (AvgIpc) is 3.37. The molecule has 2 aliphatic rings. The largest absolute Gasteiger partial charge is 0.356 e. The number of hydrogen-bond donors (Lipinski definition) is 2. The number of likely N-dealkylation sites (tertiary alicyclic amines) is 1. The number of rotatable bonds is 5. The van der Waals surface area contributed by atoms with E-state index in [4.69, 9.17) is 0 Å². The molecule has 0 bridgehead atoms. The van der Waals surface area contributed by atoms with Gasteiger partial charge in [-0.1, -0.05) is 57.0 Å². The smallest absolute Gasteiger partial charge is 0.225 e. The van der Waals surface area contributed by atoms with Crippen LogP contribution in [0.3, 0.4) is 0 Å². The fourth-order valence-corrected chi connectivity index (χ4v) is 4.19. The molecule has 2 N–H and O–H groups in total. The Morgan fingerprint density at radius 2 is 1.89 bits per heavy atom. The third-order valence-corrected chi connectivity index (χ3v) is 6.02. The minimum Gasteiger partial charge on any atom is -0.356 e. The first-order valence-corrected chi connectivity index (χ1v) is 10.3. The van der Waals surface area contributed by atoms with Crippen LogP contribution in [0.15, 0.2) is 35.3 Å². The van der Waals surface area contributed by atoms with Crippen molar-refractivity contribution >= 4 is 11.9 Å². The zero-order valence-corrected chi connectivity index (χ0v) is 17.0. The lowest BCUT2D eigenvalue weighted by Gasteiger charge is -2.27. The molecule has 148 valence electrons. The van der Waals surface area contributed by atoms with Crippen molar-refractivity contribution in [2.45, 2.75) is 57.4 Å². The number of guanidine groups is 1. The highest BCUT2D eigenvalue weighted by atomic mass is 16.2. The average molecular weight is 371 g/mol. The lowest BCUT2D eigenvalue weighted by molar-refractivity contribution is -0.134. The van der Waals surface area contributed by atoms with E-state index >= 15 is 0 Å². The third-order valence-electron chi connectivity index (χ3n) is 6.02. The molecule has 1 aromatic carbocycles. The molecule has 1 heterocycles. The van der Waals surface area contributed by atoms with Gasteiger partial charge in [-0.2, -0.15) is 0 Å². The summed E-state index contributed by atoms with van der Waals surface area (Å²) in [5.74, 6) is 1.46. The van der Waals surface area contributed by atoms with E-state index < -0.39 is 0 Å². The summed E-state index contributed by atoms with van der Waals surface area (Å²) in [6.07, 6.45) is 5.55. The van der Waals surface area contributed by atoms with Gasteiger partial charge in [0.05, 0.1) is 0 Å². The summed E-state index contributed by atoms with van der Waals surface area (Å²) in [7, 11) is 1.81. The van der Waals surface area contributed by atoms with Crippen LogP contribution in [0, 0.1) is 5.92 Å². The molecule has 1 amide bonds. The highest BCUT2D eigenvalue weighted by Gasteiger charge is 2.32. The molecule has 5 heteroatoms. The maximum Gasteiger partial charge on any atom is 0.225 e. The van der Waals surface area contributed by atoms with Crippen molar-refractivity contribution in [3.63, 3.8) is 0 Å². The van der Waals surface area contributed by atoms with E-state index in [-0.39, 0.29) is 17.4 Å². The predicted octanol–water partition coefficient (Wildman–Crippen LogP) is 2.92. The summed E-state index contributed by atoms with van der Waals surface area (Å²) < 4.78 is 0. The van der Waals surface area contributed by atoms with Gasteiger partial charge < -0.3 is 15.5 Å². The molecule has 2 fully saturated rings. The maximum atomic E-state index is 12.6. The number of nitrogens with zero attached hydrogens (tertiary/aromatic N) is 2. The van der Waals surface area contributed by atoms with Crippen molar-refractivity contribution < 1.29 is 4.79 Å².